The average molecular weight is 316 g/mol. The molecule has 1 amide bonds. The summed E-state index contributed by atoms with van der Waals surface area (Å²) in [7, 11) is 1.56. The number of methoxy groups -OCH3 is 1. The summed E-state index contributed by atoms with van der Waals surface area (Å²) in [5.41, 5.74) is 0.168. The molecule has 0 heterocycles. The van der Waals surface area contributed by atoms with Gasteiger partial charge in [0, 0.05) is 12.8 Å². The van der Waals surface area contributed by atoms with E-state index in [2.05, 4.69) is 11.4 Å². The van der Waals surface area contributed by atoms with Crippen LogP contribution in [-0.4, -0.2) is 25.2 Å². The van der Waals surface area contributed by atoms with E-state index in [0.29, 0.717) is 29.5 Å². The summed E-state index contributed by atoms with van der Waals surface area (Å²) in [6.45, 7) is 6.45. The summed E-state index contributed by atoms with van der Waals surface area (Å²) < 4.78 is 11.1. The lowest BCUT2D eigenvalue weighted by Crippen LogP contribution is -2.44. The maximum atomic E-state index is 12.5. The van der Waals surface area contributed by atoms with Crippen molar-refractivity contribution in [2.24, 2.45) is 11.8 Å². The van der Waals surface area contributed by atoms with E-state index < -0.39 is 5.60 Å². The Labute approximate surface area is 137 Å². The standard InChI is InChI=1S/C18H24N2O3/c1-12(2)11-23-16-8-7-15(9-13(16)10-19)20-17(21)18(3,22-4)14-5-6-14/h7-9,12,14H,5-6,11H2,1-4H3,(H,20,21)/t18-/m1/s1. The molecule has 1 aromatic rings. The van der Waals surface area contributed by atoms with Crippen molar-refractivity contribution >= 4 is 11.6 Å². The lowest BCUT2D eigenvalue weighted by Gasteiger charge is -2.26. The molecule has 1 aromatic carbocycles. The van der Waals surface area contributed by atoms with Crippen molar-refractivity contribution in [3.63, 3.8) is 0 Å². The fourth-order valence-electron chi connectivity index (χ4n) is 2.41. The third-order valence-corrected chi connectivity index (χ3v) is 4.16. The number of anilines is 1. The normalized spacial score (nSPS) is 16.5. The van der Waals surface area contributed by atoms with Crippen LogP contribution in [0.4, 0.5) is 5.69 Å². The first-order valence-electron chi connectivity index (χ1n) is 7.94. The molecule has 0 saturated heterocycles. The van der Waals surface area contributed by atoms with Crippen LogP contribution in [0, 0.1) is 23.2 Å². The minimum atomic E-state index is -0.820. The van der Waals surface area contributed by atoms with Gasteiger partial charge in [-0.3, -0.25) is 4.79 Å². The molecule has 0 aromatic heterocycles. The Hall–Kier alpha value is -2.06. The van der Waals surface area contributed by atoms with Crippen LogP contribution in [0.2, 0.25) is 0 Å². The molecule has 1 atom stereocenters. The first-order valence-corrected chi connectivity index (χ1v) is 7.94. The lowest BCUT2D eigenvalue weighted by atomic mass is 9.99. The number of rotatable bonds is 7. The van der Waals surface area contributed by atoms with E-state index >= 15 is 0 Å². The van der Waals surface area contributed by atoms with Gasteiger partial charge in [0.2, 0.25) is 0 Å². The van der Waals surface area contributed by atoms with Gasteiger partial charge in [0.05, 0.1) is 12.2 Å². The zero-order valence-electron chi connectivity index (χ0n) is 14.2. The van der Waals surface area contributed by atoms with Crippen molar-refractivity contribution in [1.29, 1.82) is 5.26 Å². The maximum Gasteiger partial charge on any atom is 0.256 e. The number of nitriles is 1. The topological polar surface area (TPSA) is 71.3 Å². The van der Waals surface area contributed by atoms with E-state index in [1.54, 1.807) is 25.3 Å². The fourth-order valence-corrected chi connectivity index (χ4v) is 2.41. The summed E-state index contributed by atoms with van der Waals surface area (Å²) >= 11 is 0. The molecule has 124 valence electrons. The number of hydrogen-bond donors (Lipinski definition) is 1. The second-order valence-electron chi connectivity index (χ2n) is 6.57. The molecular weight excluding hydrogens is 292 g/mol. The van der Waals surface area contributed by atoms with Gasteiger partial charge >= 0.3 is 0 Å². The molecule has 0 bridgehead atoms. The van der Waals surface area contributed by atoms with E-state index in [1.165, 1.54) is 0 Å². The van der Waals surface area contributed by atoms with Crippen molar-refractivity contribution in [2.75, 3.05) is 19.0 Å². The van der Waals surface area contributed by atoms with Gasteiger partial charge in [-0.2, -0.15) is 5.26 Å². The number of ether oxygens (including phenoxy) is 2. The zero-order chi connectivity index (χ0) is 17.0. The van der Waals surface area contributed by atoms with Crippen molar-refractivity contribution in [2.45, 2.75) is 39.2 Å². The summed E-state index contributed by atoms with van der Waals surface area (Å²) in [6.07, 6.45) is 2.01. The minimum Gasteiger partial charge on any atom is -0.492 e. The highest BCUT2D eigenvalue weighted by Crippen LogP contribution is 2.42. The monoisotopic (exact) mass is 316 g/mol. The quantitative estimate of drug-likeness (QED) is 0.837. The van der Waals surface area contributed by atoms with Crippen LogP contribution in [0.5, 0.6) is 5.75 Å². The zero-order valence-corrected chi connectivity index (χ0v) is 14.2. The molecular formula is C18H24N2O3. The Balaban J connectivity index is 2.11. The van der Waals surface area contributed by atoms with Gasteiger partial charge in [-0.1, -0.05) is 13.8 Å². The molecule has 5 nitrogen and oxygen atoms in total. The highest BCUT2D eigenvalue weighted by molar-refractivity contribution is 5.97. The van der Waals surface area contributed by atoms with Crippen molar-refractivity contribution in [1.82, 2.24) is 0 Å². The molecule has 5 heteroatoms. The molecule has 0 aliphatic heterocycles. The molecule has 2 rings (SSSR count). The maximum absolute atomic E-state index is 12.5. The number of benzene rings is 1. The number of nitrogens with zero attached hydrogens (tertiary/aromatic N) is 1. The number of carbonyl (C=O) groups is 1. The average Bonchev–Trinajstić information content (AvgIpc) is 3.37. The molecule has 1 fully saturated rings. The Bertz CT molecular complexity index is 617. The van der Waals surface area contributed by atoms with Crippen LogP contribution in [0.1, 0.15) is 39.2 Å². The largest absolute Gasteiger partial charge is 0.492 e. The van der Waals surface area contributed by atoms with Crippen LogP contribution >= 0.6 is 0 Å². The second kappa shape index (κ2) is 7.01. The molecule has 0 spiro atoms. The molecule has 1 saturated carbocycles. The minimum absolute atomic E-state index is 0.178. The summed E-state index contributed by atoms with van der Waals surface area (Å²) in [5, 5.41) is 12.1. The molecule has 1 aliphatic rings. The number of amides is 1. The predicted octanol–water partition coefficient (Wildman–Crippen LogP) is 3.35. The summed E-state index contributed by atoms with van der Waals surface area (Å²) in [4.78, 5) is 12.5. The lowest BCUT2D eigenvalue weighted by molar-refractivity contribution is -0.138. The van der Waals surface area contributed by atoms with Crippen LogP contribution in [0.25, 0.3) is 0 Å². The molecule has 0 radical (unpaired) electrons. The van der Waals surface area contributed by atoms with Crippen molar-refractivity contribution < 1.29 is 14.3 Å². The Morgan fingerprint density at radius 3 is 2.70 bits per heavy atom. The first kappa shape index (κ1) is 17.3. The van der Waals surface area contributed by atoms with Gasteiger partial charge in [-0.15, -0.1) is 0 Å². The second-order valence-corrected chi connectivity index (χ2v) is 6.57. The van der Waals surface area contributed by atoms with Gasteiger partial charge in [-0.25, -0.2) is 0 Å². The fraction of sp³-hybridized carbons (Fsp3) is 0.556. The third-order valence-electron chi connectivity index (χ3n) is 4.16. The number of nitrogens with one attached hydrogen (secondary N) is 1. The molecule has 1 N–H and O–H groups in total. The van der Waals surface area contributed by atoms with E-state index in [0.717, 1.165) is 12.8 Å². The van der Waals surface area contributed by atoms with Crippen LogP contribution < -0.4 is 10.1 Å². The predicted molar refractivity (Wildman–Crippen MR) is 88.3 cm³/mol. The summed E-state index contributed by atoms with van der Waals surface area (Å²) in [5.74, 6) is 0.997. The summed E-state index contributed by atoms with van der Waals surface area (Å²) in [6, 6.07) is 7.22. The SMILES string of the molecule is CO[C@@](C)(C(=O)Nc1ccc(OCC(C)C)c(C#N)c1)C1CC1. The Morgan fingerprint density at radius 1 is 1.48 bits per heavy atom. The smallest absolute Gasteiger partial charge is 0.256 e. The Morgan fingerprint density at radius 2 is 2.17 bits per heavy atom. The van der Waals surface area contributed by atoms with Crippen LogP contribution in [0.3, 0.4) is 0 Å². The van der Waals surface area contributed by atoms with E-state index in [-0.39, 0.29) is 11.8 Å². The third kappa shape index (κ3) is 4.02. The highest BCUT2D eigenvalue weighted by atomic mass is 16.5. The van der Waals surface area contributed by atoms with Crippen molar-refractivity contribution in [3.8, 4) is 11.8 Å². The van der Waals surface area contributed by atoms with Gasteiger partial charge in [0.15, 0.2) is 0 Å². The van der Waals surface area contributed by atoms with Gasteiger partial charge < -0.3 is 14.8 Å². The van der Waals surface area contributed by atoms with E-state index in [4.69, 9.17) is 9.47 Å². The van der Waals surface area contributed by atoms with E-state index in [1.807, 2.05) is 20.8 Å². The highest BCUT2D eigenvalue weighted by Gasteiger charge is 2.47. The van der Waals surface area contributed by atoms with Gasteiger partial charge in [0.25, 0.3) is 5.91 Å². The van der Waals surface area contributed by atoms with E-state index in [9.17, 15) is 10.1 Å². The van der Waals surface area contributed by atoms with Crippen LogP contribution in [0.15, 0.2) is 18.2 Å². The van der Waals surface area contributed by atoms with Gasteiger partial charge in [0.1, 0.15) is 17.4 Å². The number of hydrogen-bond acceptors (Lipinski definition) is 4. The van der Waals surface area contributed by atoms with Gasteiger partial charge in [-0.05, 0) is 49.8 Å². The van der Waals surface area contributed by atoms with Crippen LogP contribution in [-0.2, 0) is 9.53 Å². The number of carbonyl (C=O) groups excluding carboxylic acids is 1. The molecule has 0 unspecified atom stereocenters. The Kier molecular flexibility index (Phi) is 5.27. The van der Waals surface area contributed by atoms with Crippen molar-refractivity contribution in [3.05, 3.63) is 23.8 Å². The molecule has 1 aliphatic carbocycles. The molecule has 23 heavy (non-hydrogen) atoms. The first-order chi connectivity index (χ1) is 10.9.